The molecule has 1 N–H and O–H groups in total. The number of nitrogens with zero attached hydrogens (tertiary/aromatic N) is 1. The number of rotatable bonds is 3. The standard InChI is InChI=1S/C21H23F3N2O3/c1-5-20(14-8-6-7-9-15(14)22)12-16(21(23,24)13-10-11-13)28-17(26-20)25-18(27)29-19(2,3)4/h1,6-9,13,16H,10-12H2,2-4H3,(H,25,26,27). The van der Waals surface area contributed by atoms with E-state index in [-0.39, 0.29) is 5.56 Å². The van der Waals surface area contributed by atoms with E-state index < -0.39 is 53.4 Å². The highest BCUT2D eigenvalue weighted by Gasteiger charge is 2.58. The van der Waals surface area contributed by atoms with Gasteiger partial charge in [0.1, 0.15) is 11.4 Å². The fourth-order valence-corrected chi connectivity index (χ4v) is 3.22. The number of alkyl halides is 2. The lowest BCUT2D eigenvalue weighted by Crippen LogP contribution is -2.51. The molecule has 2 unspecified atom stereocenters. The highest BCUT2D eigenvalue weighted by molar-refractivity contribution is 5.91. The van der Waals surface area contributed by atoms with Gasteiger partial charge < -0.3 is 9.47 Å². The molecule has 8 heteroatoms. The minimum Gasteiger partial charge on any atom is -0.455 e. The number of terminal acetylenes is 1. The van der Waals surface area contributed by atoms with Gasteiger partial charge in [-0.2, -0.15) is 0 Å². The summed E-state index contributed by atoms with van der Waals surface area (Å²) in [6.45, 7) is 4.93. The second kappa shape index (κ2) is 7.29. The van der Waals surface area contributed by atoms with Crippen LogP contribution in [0, 0.1) is 24.1 Å². The van der Waals surface area contributed by atoms with Crippen LogP contribution in [0.2, 0.25) is 0 Å². The Balaban J connectivity index is 2.00. The van der Waals surface area contributed by atoms with E-state index >= 15 is 0 Å². The molecule has 0 saturated heterocycles. The molecule has 1 saturated carbocycles. The van der Waals surface area contributed by atoms with E-state index in [0.29, 0.717) is 12.8 Å². The highest BCUT2D eigenvalue weighted by Crippen LogP contribution is 2.50. The van der Waals surface area contributed by atoms with Crippen LogP contribution in [0.4, 0.5) is 18.0 Å². The van der Waals surface area contributed by atoms with Crippen LogP contribution < -0.4 is 5.32 Å². The first-order chi connectivity index (χ1) is 13.5. The summed E-state index contributed by atoms with van der Waals surface area (Å²) in [6, 6.07) is 5.05. The molecule has 1 heterocycles. The Morgan fingerprint density at radius 3 is 2.55 bits per heavy atom. The van der Waals surface area contributed by atoms with Crippen LogP contribution in [-0.2, 0) is 15.0 Å². The number of carbonyl (C=O) groups is 1. The average molecular weight is 408 g/mol. The molecule has 5 nitrogen and oxygen atoms in total. The maximum atomic E-state index is 14.9. The molecule has 1 fully saturated rings. The third kappa shape index (κ3) is 4.50. The maximum Gasteiger partial charge on any atom is 0.415 e. The smallest absolute Gasteiger partial charge is 0.415 e. The number of amides is 1. The van der Waals surface area contributed by atoms with Crippen molar-refractivity contribution in [1.82, 2.24) is 5.32 Å². The number of carbonyl (C=O) groups excluding carboxylic acids is 1. The second-order valence-corrected chi connectivity index (χ2v) is 8.29. The molecule has 1 aromatic rings. The van der Waals surface area contributed by atoms with Crippen LogP contribution in [0.1, 0.15) is 45.6 Å². The second-order valence-electron chi connectivity index (χ2n) is 8.29. The quantitative estimate of drug-likeness (QED) is 0.756. The van der Waals surface area contributed by atoms with Crippen molar-refractivity contribution < 1.29 is 27.4 Å². The van der Waals surface area contributed by atoms with Gasteiger partial charge >= 0.3 is 6.09 Å². The van der Waals surface area contributed by atoms with Gasteiger partial charge in [0.2, 0.25) is 0 Å². The third-order valence-corrected chi connectivity index (χ3v) is 4.74. The number of aliphatic imine (C=N–C) groups is 1. The number of halogens is 3. The number of ether oxygens (including phenoxy) is 2. The summed E-state index contributed by atoms with van der Waals surface area (Å²) in [5.74, 6) is -2.37. The molecule has 156 valence electrons. The Bertz CT molecular complexity index is 869. The van der Waals surface area contributed by atoms with Crippen LogP contribution in [0.5, 0.6) is 0 Å². The van der Waals surface area contributed by atoms with Crippen molar-refractivity contribution in [2.75, 3.05) is 0 Å². The van der Waals surface area contributed by atoms with Crippen molar-refractivity contribution in [2.45, 2.75) is 63.2 Å². The maximum absolute atomic E-state index is 14.9. The number of amidine groups is 1. The molecule has 1 aromatic carbocycles. The molecule has 0 spiro atoms. The van der Waals surface area contributed by atoms with Gasteiger partial charge in [-0.15, -0.1) is 6.42 Å². The van der Waals surface area contributed by atoms with Crippen molar-refractivity contribution in [3.05, 3.63) is 35.6 Å². The van der Waals surface area contributed by atoms with Crippen LogP contribution in [0.15, 0.2) is 29.3 Å². The lowest BCUT2D eigenvalue weighted by atomic mass is 9.82. The van der Waals surface area contributed by atoms with E-state index in [1.165, 1.54) is 24.3 Å². The van der Waals surface area contributed by atoms with Crippen molar-refractivity contribution >= 4 is 12.1 Å². The lowest BCUT2D eigenvalue weighted by Gasteiger charge is -2.38. The lowest BCUT2D eigenvalue weighted by molar-refractivity contribution is -0.131. The zero-order valence-corrected chi connectivity index (χ0v) is 16.5. The predicted octanol–water partition coefficient (Wildman–Crippen LogP) is 4.37. The van der Waals surface area contributed by atoms with Crippen LogP contribution >= 0.6 is 0 Å². The number of benzene rings is 1. The first-order valence-corrected chi connectivity index (χ1v) is 9.34. The Morgan fingerprint density at radius 1 is 1.34 bits per heavy atom. The fraction of sp³-hybridized carbons (Fsp3) is 0.524. The van der Waals surface area contributed by atoms with Gasteiger partial charge in [-0.05, 0) is 39.7 Å². The summed E-state index contributed by atoms with van der Waals surface area (Å²) in [5, 5.41) is 2.23. The van der Waals surface area contributed by atoms with E-state index in [9.17, 15) is 18.0 Å². The van der Waals surface area contributed by atoms with Gasteiger partial charge in [0, 0.05) is 17.9 Å². The summed E-state index contributed by atoms with van der Waals surface area (Å²) in [6.07, 6.45) is 3.35. The van der Waals surface area contributed by atoms with Crippen molar-refractivity contribution in [2.24, 2.45) is 10.9 Å². The topological polar surface area (TPSA) is 59.9 Å². The van der Waals surface area contributed by atoms with Crippen LogP contribution in [0.3, 0.4) is 0 Å². The van der Waals surface area contributed by atoms with E-state index in [4.69, 9.17) is 15.9 Å². The fourth-order valence-electron chi connectivity index (χ4n) is 3.22. The highest BCUT2D eigenvalue weighted by atomic mass is 19.3. The van der Waals surface area contributed by atoms with Gasteiger partial charge in [-0.3, -0.25) is 0 Å². The number of nitrogens with one attached hydrogen (secondary N) is 1. The molecule has 0 aromatic heterocycles. The number of hydrogen-bond acceptors (Lipinski definition) is 4. The minimum atomic E-state index is -3.20. The molecule has 0 radical (unpaired) electrons. The zero-order valence-electron chi connectivity index (χ0n) is 16.5. The summed E-state index contributed by atoms with van der Waals surface area (Å²) in [7, 11) is 0. The third-order valence-electron chi connectivity index (χ3n) is 4.74. The van der Waals surface area contributed by atoms with E-state index in [0.717, 1.165) is 0 Å². The van der Waals surface area contributed by atoms with E-state index in [1.54, 1.807) is 20.8 Å². The normalized spacial score (nSPS) is 24.7. The van der Waals surface area contributed by atoms with Gasteiger partial charge in [0.05, 0.1) is 0 Å². The van der Waals surface area contributed by atoms with Crippen molar-refractivity contribution in [3.8, 4) is 12.3 Å². The summed E-state index contributed by atoms with van der Waals surface area (Å²) in [4.78, 5) is 16.3. The van der Waals surface area contributed by atoms with E-state index in [2.05, 4.69) is 16.2 Å². The Hall–Kier alpha value is -2.69. The molecule has 1 aliphatic heterocycles. The Morgan fingerprint density at radius 2 is 2.00 bits per heavy atom. The predicted molar refractivity (Wildman–Crippen MR) is 101 cm³/mol. The molecular formula is C21H23F3N2O3. The van der Waals surface area contributed by atoms with Crippen molar-refractivity contribution in [1.29, 1.82) is 0 Å². The molecular weight excluding hydrogens is 385 g/mol. The van der Waals surface area contributed by atoms with E-state index in [1.807, 2.05) is 0 Å². The Kier molecular flexibility index (Phi) is 5.28. The van der Waals surface area contributed by atoms with Gasteiger partial charge in [0.25, 0.3) is 11.9 Å². The number of alkyl carbamates (subject to hydrolysis) is 1. The van der Waals surface area contributed by atoms with Gasteiger partial charge in [-0.25, -0.2) is 28.3 Å². The Labute approximate surface area is 167 Å². The molecule has 1 aliphatic carbocycles. The summed E-state index contributed by atoms with van der Waals surface area (Å²) in [5.41, 5.74) is -2.62. The molecule has 29 heavy (non-hydrogen) atoms. The zero-order chi connectivity index (χ0) is 21.4. The minimum absolute atomic E-state index is 0.0362. The number of hydrogen-bond donors (Lipinski definition) is 1. The monoisotopic (exact) mass is 408 g/mol. The average Bonchev–Trinajstić information content (AvgIpc) is 3.45. The van der Waals surface area contributed by atoms with Gasteiger partial charge in [0.15, 0.2) is 11.6 Å². The summed E-state index contributed by atoms with van der Waals surface area (Å²) >= 11 is 0. The van der Waals surface area contributed by atoms with Crippen molar-refractivity contribution in [3.63, 3.8) is 0 Å². The molecule has 3 rings (SSSR count). The SMILES string of the molecule is C#CC1(c2ccccc2F)CC(C(F)(F)C2CC2)OC(NC(=O)OC(C)(C)C)=N1. The molecule has 0 bridgehead atoms. The van der Waals surface area contributed by atoms with Gasteiger partial charge in [-0.1, -0.05) is 24.1 Å². The summed E-state index contributed by atoms with van der Waals surface area (Å²) < 4.78 is 54.7. The largest absolute Gasteiger partial charge is 0.455 e. The van der Waals surface area contributed by atoms with Crippen LogP contribution in [-0.4, -0.2) is 29.7 Å². The van der Waals surface area contributed by atoms with Crippen LogP contribution in [0.25, 0.3) is 0 Å². The molecule has 2 atom stereocenters. The molecule has 1 amide bonds. The molecule has 2 aliphatic rings. The first kappa shape index (κ1) is 21.0. The first-order valence-electron chi connectivity index (χ1n) is 9.34.